The van der Waals surface area contributed by atoms with E-state index >= 15 is 0 Å². The Hall–Kier alpha value is -3.55. The second-order valence-corrected chi connectivity index (χ2v) is 6.61. The summed E-state index contributed by atoms with van der Waals surface area (Å²) >= 11 is 0. The molecule has 1 aromatic heterocycles. The van der Waals surface area contributed by atoms with Gasteiger partial charge in [0.2, 0.25) is 0 Å². The molecule has 3 rings (SSSR count). The van der Waals surface area contributed by atoms with E-state index in [1.165, 1.54) is 23.5 Å². The molecule has 3 aromatic rings. The van der Waals surface area contributed by atoms with Crippen LogP contribution in [0.3, 0.4) is 0 Å². The van der Waals surface area contributed by atoms with Gasteiger partial charge in [-0.25, -0.2) is 9.48 Å². The highest BCUT2D eigenvalue weighted by Gasteiger charge is 2.19. The molecule has 0 saturated carbocycles. The summed E-state index contributed by atoms with van der Waals surface area (Å²) in [7, 11) is 0. The van der Waals surface area contributed by atoms with Gasteiger partial charge in [0, 0.05) is 5.69 Å². The van der Waals surface area contributed by atoms with Gasteiger partial charge in [-0.1, -0.05) is 26.0 Å². The molecule has 144 valence electrons. The Morgan fingerprint density at radius 2 is 1.68 bits per heavy atom. The van der Waals surface area contributed by atoms with Crippen LogP contribution < -0.4 is 5.32 Å². The van der Waals surface area contributed by atoms with Crippen molar-refractivity contribution >= 4 is 17.6 Å². The number of anilines is 1. The van der Waals surface area contributed by atoms with E-state index in [4.69, 9.17) is 4.74 Å². The summed E-state index contributed by atoms with van der Waals surface area (Å²) < 4.78 is 6.73. The monoisotopic (exact) mass is 379 g/mol. The molecule has 0 aliphatic carbocycles. The number of benzene rings is 2. The maximum Gasteiger partial charge on any atom is 0.338 e. The van der Waals surface area contributed by atoms with Gasteiger partial charge in [-0.15, -0.1) is 5.10 Å². The van der Waals surface area contributed by atoms with E-state index in [0.717, 1.165) is 0 Å². The zero-order valence-electron chi connectivity index (χ0n) is 15.9. The number of carbonyl (C=O) groups is 2. The number of hydrogen-bond donors (Lipinski definition) is 1. The van der Waals surface area contributed by atoms with E-state index in [2.05, 4.69) is 34.7 Å². The van der Waals surface area contributed by atoms with E-state index in [-0.39, 0.29) is 0 Å². The van der Waals surface area contributed by atoms with Crippen molar-refractivity contribution in [1.82, 2.24) is 20.2 Å². The standard InChI is InChI=1S/C20H21N5O3/c1-13(2)15-4-8-17(9-5-15)22-19(26)14(3)28-20(27)16-6-10-18(11-7-16)25-12-21-23-24-25/h4-14H,1-3H3,(H,22,26)/t14-/m1/s1. The van der Waals surface area contributed by atoms with Crippen LogP contribution in [0.1, 0.15) is 42.6 Å². The molecule has 8 heteroatoms. The van der Waals surface area contributed by atoms with Gasteiger partial charge in [0.05, 0.1) is 11.3 Å². The fraction of sp³-hybridized carbons (Fsp3) is 0.250. The largest absolute Gasteiger partial charge is 0.449 e. The van der Waals surface area contributed by atoms with Crippen molar-refractivity contribution in [3.8, 4) is 5.69 Å². The van der Waals surface area contributed by atoms with E-state index in [9.17, 15) is 9.59 Å². The predicted molar refractivity (Wildman–Crippen MR) is 103 cm³/mol. The molecule has 0 radical (unpaired) electrons. The molecule has 0 unspecified atom stereocenters. The van der Waals surface area contributed by atoms with Crippen molar-refractivity contribution in [3.63, 3.8) is 0 Å². The first-order valence-electron chi connectivity index (χ1n) is 8.89. The minimum atomic E-state index is -0.934. The van der Waals surface area contributed by atoms with Crippen LogP contribution in [0.25, 0.3) is 5.69 Å². The minimum absolute atomic E-state index is 0.331. The third kappa shape index (κ3) is 4.59. The summed E-state index contributed by atoms with van der Waals surface area (Å²) in [5, 5.41) is 13.6. The SMILES string of the molecule is CC(C)c1ccc(NC(=O)[C@@H](C)OC(=O)c2ccc(-n3cnnn3)cc2)cc1. The number of rotatable bonds is 6. The summed E-state index contributed by atoms with van der Waals surface area (Å²) in [5.41, 5.74) is 2.88. The van der Waals surface area contributed by atoms with Crippen LogP contribution in [0, 0.1) is 0 Å². The Morgan fingerprint density at radius 3 is 2.25 bits per heavy atom. The number of ether oxygens (including phenoxy) is 1. The van der Waals surface area contributed by atoms with Crippen LogP contribution in [0.4, 0.5) is 5.69 Å². The molecule has 1 atom stereocenters. The highest BCUT2D eigenvalue weighted by Crippen LogP contribution is 2.17. The van der Waals surface area contributed by atoms with Gasteiger partial charge in [-0.3, -0.25) is 4.79 Å². The quantitative estimate of drug-likeness (QED) is 0.661. The van der Waals surface area contributed by atoms with Crippen molar-refractivity contribution in [2.75, 3.05) is 5.32 Å². The Labute approximate surface area is 162 Å². The minimum Gasteiger partial charge on any atom is -0.449 e. The molecule has 8 nitrogen and oxygen atoms in total. The number of tetrazole rings is 1. The molecule has 1 amide bonds. The van der Waals surface area contributed by atoms with Gasteiger partial charge in [0.1, 0.15) is 6.33 Å². The summed E-state index contributed by atoms with van der Waals surface area (Å²) in [6.07, 6.45) is 0.518. The second-order valence-electron chi connectivity index (χ2n) is 6.61. The molecular weight excluding hydrogens is 358 g/mol. The van der Waals surface area contributed by atoms with Gasteiger partial charge in [-0.2, -0.15) is 0 Å². The fourth-order valence-electron chi connectivity index (χ4n) is 2.51. The van der Waals surface area contributed by atoms with Crippen molar-refractivity contribution in [1.29, 1.82) is 0 Å². The summed E-state index contributed by atoms with van der Waals surface area (Å²) in [4.78, 5) is 24.6. The number of carbonyl (C=O) groups excluding carboxylic acids is 2. The first-order chi connectivity index (χ1) is 13.4. The Bertz CT molecular complexity index is 935. The lowest BCUT2D eigenvalue weighted by Gasteiger charge is -2.14. The number of nitrogens with one attached hydrogen (secondary N) is 1. The molecule has 1 N–H and O–H groups in total. The third-order valence-electron chi connectivity index (χ3n) is 4.21. The fourth-order valence-corrected chi connectivity index (χ4v) is 2.51. The third-order valence-corrected chi connectivity index (χ3v) is 4.21. The zero-order valence-corrected chi connectivity index (χ0v) is 15.9. The first kappa shape index (κ1) is 19.2. The number of aromatic nitrogens is 4. The van der Waals surface area contributed by atoms with Crippen molar-refractivity contribution in [3.05, 3.63) is 66.0 Å². The average molecular weight is 379 g/mol. The van der Waals surface area contributed by atoms with Crippen molar-refractivity contribution in [2.24, 2.45) is 0 Å². The van der Waals surface area contributed by atoms with Crippen LogP contribution in [0.15, 0.2) is 54.9 Å². The number of amides is 1. The Kier molecular flexibility index (Phi) is 5.78. The molecule has 0 bridgehead atoms. The smallest absolute Gasteiger partial charge is 0.338 e. The van der Waals surface area contributed by atoms with Gasteiger partial charge in [-0.05, 0) is 65.2 Å². The van der Waals surface area contributed by atoms with Gasteiger partial charge >= 0.3 is 5.97 Å². The predicted octanol–water partition coefficient (Wildman–Crippen LogP) is 2.97. The molecule has 0 aliphatic heterocycles. The Balaban J connectivity index is 1.57. The van der Waals surface area contributed by atoms with Crippen LogP contribution in [-0.4, -0.2) is 38.2 Å². The van der Waals surface area contributed by atoms with Gasteiger partial charge in [0.15, 0.2) is 6.10 Å². The molecule has 2 aromatic carbocycles. The lowest BCUT2D eigenvalue weighted by molar-refractivity contribution is -0.123. The van der Waals surface area contributed by atoms with Crippen LogP contribution in [0.2, 0.25) is 0 Å². The van der Waals surface area contributed by atoms with Gasteiger partial charge < -0.3 is 10.1 Å². The topological polar surface area (TPSA) is 99.0 Å². The number of hydrogen-bond acceptors (Lipinski definition) is 6. The highest BCUT2D eigenvalue weighted by molar-refractivity contribution is 5.97. The van der Waals surface area contributed by atoms with Gasteiger partial charge in [0.25, 0.3) is 5.91 Å². The molecule has 0 aliphatic rings. The van der Waals surface area contributed by atoms with E-state index in [1.807, 2.05) is 24.3 Å². The summed E-state index contributed by atoms with van der Waals surface area (Å²) in [6, 6.07) is 14.1. The number of nitrogens with zero attached hydrogens (tertiary/aromatic N) is 4. The van der Waals surface area contributed by atoms with E-state index < -0.39 is 18.0 Å². The van der Waals surface area contributed by atoms with Crippen LogP contribution in [-0.2, 0) is 9.53 Å². The van der Waals surface area contributed by atoms with Crippen LogP contribution >= 0.6 is 0 Å². The van der Waals surface area contributed by atoms with Crippen LogP contribution in [0.5, 0.6) is 0 Å². The average Bonchev–Trinajstić information content (AvgIpc) is 3.23. The molecular formula is C20H21N5O3. The molecule has 0 fully saturated rings. The van der Waals surface area contributed by atoms with E-state index in [1.54, 1.807) is 24.3 Å². The second kappa shape index (κ2) is 8.43. The van der Waals surface area contributed by atoms with Crippen molar-refractivity contribution < 1.29 is 14.3 Å². The maximum atomic E-state index is 12.3. The lowest BCUT2D eigenvalue weighted by Crippen LogP contribution is -2.30. The number of esters is 1. The molecule has 1 heterocycles. The molecule has 28 heavy (non-hydrogen) atoms. The van der Waals surface area contributed by atoms with E-state index in [0.29, 0.717) is 22.9 Å². The highest BCUT2D eigenvalue weighted by atomic mass is 16.5. The first-order valence-corrected chi connectivity index (χ1v) is 8.89. The normalized spacial score (nSPS) is 11.9. The molecule has 0 spiro atoms. The lowest BCUT2D eigenvalue weighted by atomic mass is 10.0. The molecule has 0 saturated heterocycles. The summed E-state index contributed by atoms with van der Waals surface area (Å²) in [5.74, 6) is -0.561. The maximum absolute atomic E-state index is 12.3. The Morgan fingerprint density at radius 1 is 1.00 bits per heavy atom. The van der Waals surface area contributed by atoms with Crippen molar-refractivity contribution in [2.45, 2.75) is 32.8 Å². The summed E-state index contributed by atoms with van der Waals surface area (Å²) in [6.45, 7) is 5.74. The zero-order chi connectivity index (χ0) is 20.1.